The topological polar surface area (TPSA) is 69.1 Å². The van der Waals surface area contributed by atoms with Gasteiger partial charge in [-0.3, -0.25) is 4.40 Å². The van der Waals surface area contributed by atoms with Crippen LogP contribution < -0.4 is 11.1 Å². The zero-order valence-electron chi connectivity index (χ0n) is 6.43. The van der Waals surface area contributed by atoms with Crippen molar-refractivity contribution >= 4 is 23.7 Å². The summed E-state index contributed by atoms with van der Waals surface area (Å²) in [5.74, 6) is 0.594. The van der Waals surface area contributed by atoms with Crippen LogP contribution in [0.3, 0.4) is 0 Å². The van der Waals surface area contributed by atoms with Gasteiger partial charge in [0.25, 0.3) is 5.78 Å². The quantitative estimate of drug-likeness (QED) is 0.587. The van der Waals surface area contributed by atoms with E-state index in [0.717, 1.165) is 10.4 Å². The molecule has 0 aliphatic heterocycles. The van der Waals surface area contributed by atoms with E-state index in [1.54, 1.807) is 10.7 Å². The molecule has 5 nitrogen and oxygen atoms in total. The van der Waals surface area contributed by atoms with Crippen molar-refractivity contribution in [2.45, 2.75) is 5.03 Å². The van der Waals surface area contributed by atoms with Gasteiger partial charge in [0.2, 0.25) is 0 Å². The minimum absolute atomic E-state index is 0.594. The van der Waals surface area contributed by atoms with E-state index in [4.69, 9.17) is 5.73 Å². The van der Waals surface area contributed by atoms with Gasteiger partial charge >= 0.3 is 0 Å². The summed E-state index contributed by atoms with van der Waals surface area (Å²) in [6.07, 6.45) is 5.05. The summed E-state index contributed by atoms with van der Waals surface area (Å²) < 4.78 is 1.76. The van der Waals surface area contributed by atoms with Crippen molar-refractivity contribution in [3.8, 4) is 0 Å². The summed E-state index contributed by atoms with van der Waals surface area (Å²) in [6.45, 7) is 0. The molecule has 2 aromatic heterocycles. The molecule has 6 heteroatoms. The van der Waals surface area contributed by atoms with E-state index in [1.807, 2.05) is 6.26 Å². The SMILES string of the molecule is CSc1nc2nncn2c1=CN. The molecule has 2 N–H and O–H groups in total. The zero-order valence-corrected chi connectivity index (χ0v) is 7.25. The Hall–Kier alpha value is -1.30. The van der Waals surface area contributed by atoms with Gasteiger partial charge in [0.15, 0.2) is 0 Å². The van der Waals surface area contributed by atoms with Crippen LogP contribution in [0.1, 0.15) is 0 Å². The average Bonchev–Trinajstić information content (AvgIpc) is 2.61. The Morgan fingerprint density at radius 3 is 3.17 bits per heavy atom. The standard InChI is InChI=1S/C6H7N5S/c1-12-5-4(2-7)11-3-8-10-6(11)9-5/h2-3H,7H2,1H3. The molecule has 2 heterocycles. The molecule has 12 heavy (non-hydrogen) atoms. The Balaban J connectivity index is 2.89. The van der Waals surface area contributed by atoms with Crippen LogP contribution in [0.25, 0.3) is 12.0 Å². The molecule has 0 bridgehead atoms. The normalized spacial score (nSPS) is 12.9. The molecule has 0 amide bonds. The highest BCUT2D eigenvalue weighted by molar-refractivity contribution is 7.98. The van der Waals surface area contributed by atoms with E-state index in [-0.39, 0.29) is 0 Å². The molecule has 0 unspecified atom stereocenters. The van der Waals surface area contributed by atoms with Crippen molar-refractivity contribution in [3.63, 3.8) is 0 Å². The van der Waals surface area contributed by atoms with Gasteiger partial charge in [0, 0.05) is 6.20 Å². The second-order valence-corrected chi connectivity index (χ2v) is 2.97. The van der Waals surface area contributed by atoms with Gasteiger partial charge in [-0.1, -0.05) is 0 Å². The number of fused-ring (bicyclic) bond motifs is 1. The number of nitrogens with zero attached hydrogens (tertiary/aromatic N) is 4. The number of hydrogen-bond donors (Lipinski definition) is 1. The first-order valence-electron chi connectivity index (χ1n) is 3.32. The Bertz CT molecular complexity index is 448. The summed E-state index contributed by atoms with van der Waals surface area (Å²) in [5.41, 5.74) is 5.44. The Labute approximate surface area is 72.7 Å². The maximum atomic E-state index is 5.44. The molecule has 2 rings (SSSR count). The Morgan fingerprint density at radius 2 is 2.50 bits per heavy atom. The predicted octanol–water partition coefficient (Wildman–Crippen LogP) is -0.738. The maximum Gasteiger partial charge on any atom is 0.256 e. The van der Waals surface area contributed by atoms with Gasteiger partial charge in [-0.05, 0) is 6.26 Å². The van der Waals surface area contributed by atoms with Gasteiger partial charge < -0.3 is 5.73 Å². The number of rotatable bonds is 1. The van der Waals surface area contributed by atoms with Crippen molar-refractivity contribution in [3.05, 3.63) is 11.7 Å². The van der Waals surface area contributed by atoms with Crippen LogP contribution in [-0.4, -0.2) is 25.8 Å². The molecule has 2 aromatic rings. The molecule has 0 fully saturated rings. The van der Waals surface area contributed by atoms with Crippen molar-refractivity contribution in [1.29, 1.82) is 0 Å². The molecule has 0 aromatic carbocycles. The first-order chi connectivity index (χ1) is 5.86. The first-order valence-corrected chi connectivity index (χ1v) is 4.54. The van der Waals surface area contributed by atoms with Crippen LogP contribution in [0.5, 0.6) is 0 Å². The molecule has 0 saturated carbocycles. The smallest absolute Gasteiger partial charge is 0.256 e. The molecular formula is C6H7N5S. The summed E-state index contributed by atoms with van der Waals surface area (Å²) >= 11 is 1.54. The average molecular weight is 181 g/mol. The van der Waals surface area contributed by atoms with E-state index >= 15 is 0 Å². The fourth-order valence-electron chi connectivity index (χ4n) is 1.03. The van der Waals surface area contributed by atoms with E-state index in [9.17, 15) is 0 Å². The highest BCUT2D eigenvalue weighted by Gasteiger charge is 2.05. The maximum absolute atomic E-state index is 5.44. The lowest BCUT2D eigenvalue weighted by Crippen LogP contribution is -2.11. The van der Waals surface area contributed by atoms with Gasteiger partial charge in [0.1, 0.15) is 11.4 Å². The number of imidazole rings is 1. The molecule has 0 saturated heterocycles. The molecule has 62 valence electrons. The van der Waals surface area contributed by atoms with Gasteiger partial charge in [-0.25, -0.2) is 4.98 Å². The van der Waals surface area contributed by atoms with Crippen LogP contribution >= 0.6 is 11.8 Å². The third kappa shape index (κ3) is 0.845. The lowest BCUT2D eigenvalue weighted by molar-refractivity contribution is 1.04. The third-order valence-corrected chi connectivity index (χ3v) is 2.25. The van der Waals surface area contributed by atoms with Crippen LogP contribution in [0.2, 0.25) is 0 Å². The summed E-state index contributed by atoms with van der Waals surface area (Å²) in [6, 6.07) is 0. The molecule has 0 aliphatic carbocycles. The van der Waals surface area contributed by atoms with Gasteiger partial charge in [-0.2, -0.15) is 0 Å². The lowest BCUT2D eigenvalue weighted by Gasteiger charge is -1.84. The minimum Gasteiger partial charge on any atom is -0.403 e. The van der Waals surface area contributed by atoms with Gasteiger partial charge in [0.05, 0.1) is 5.35 Å². The summed E-state index contributed by atoms with van der Waals surface area (Å²) in [4.78, 5) is 4.20. The number of hydrogen-bond acceptors (Lipinski definition) is 5. The largest absolute Gasteiger partial charge is 0.403 e. The fourth-order valence-corrected chi connectivity index (χ4v) is 1.58. The number of thioether (sulfide) groups is 1. The molecule has 0 atom stereocenters. The second-order valence-electron chi connectivity index (χ2n) is 2.17. The minimum atomic E-state index is 0.594. The second kappa shape index (κ2) is 2.63. The van der Waals surface area contributed by atoms with Crippen LogP contribution in [0.15, 0.2) is 11.4 Å². The zero-order chi connectivity index (χ0) is 8.55. The first kappa shape index (κ1) is 7.35. The summed E-state index contributed by atoms with van der Waals surface area (Å²) in [5, 5.41) is 9.25. The van der Waals surface area contributed by atoms with Crippen molar-refractivity contribution < 1.29 is 0 Å². The monoisotopic (exact) mass is 181 g/mol. The predicted molar refractivity (Wildman–Crippen MR) is 46.4 cm³/mol. The van der Waals surface area contributed by atoms with E-state index in [2.05, 4.69) is 15.2 Å². The summed E-state index contributed by atoms with van der Waals surface area (Å²) in [7, 11) is 0. The molecule has 0 spiro atoms. The fraction of sp³-hybridized carbons (Fsp3) is 0.167. The van der Waals surface area contributed by atoms with Crippen LogP contribution in [0, 0.1) is 0 Å². The highest BCUT2D eigenvalue weighted by atomic mass is 32.2. The molecule has 0 radical (unpaired) electrons. The lowest BCUT2D eigenvalue weighted by atomic mass is 10.7. The molecular weight excluding hydrogens is 174 g/mol. The van der Waals surface area contributed by atoms with Crippen LogP contribution in [0.4, 0.5) is 0 Å². The molecule has 0 aliphatic rings. The van der Waals surface area contributed by atoms with Crippen molar-refractivity contribution in [2.75, 3.05) is 6.26 Å². The highest BCUT2D eigenvalue weighted by Crippen LogP contribution is 2.06. The van der Waals surface area contributed by atoms with Gasteiger partial charge in [-0.15, -0.1) is 22.0 Å². The van der Waals surface area contributed by atoms with E-state index in [1.165, 1.54) is 18.0 Å². The number of nitrogens with two attached hydrogens (primary N) is 1. The Morgan fingerprint density at radius 1 is 1.67 bits per heavy atom. The van der Waals surface area contributed by atoms with E-state index in [0.29, 0.717) is 5.78 Å². The Kier molecular flexibility index (Phi) is 1.61. The third-order valence-electron chi connectivity index (χ3n) is 1.56. The van der Waals surface area contributed by atoms with Crippen LogP contribution in [-0.2, 0) is 0 Å². The van der Waals surface area contributed by atoms with Crippen molar-refractivity contribution in [1.82, 2.24) is 19.6 Å². The van der Waals surface area contributed by atoms with E-state index < -0.39 is 0 Å². The van der Waals surface area contributed by atoms with Crippen molar-refractivity contribution in [2.24, 2.45) is 5.73 Å². The number of aromatic nitrogens is 4.